The minimum Gasteiger partial charge on any atom is -0.380 e. The average Bonchev–Trinajstić information content (AvgIpc) is 2.59. The molecule has 0 aliphatic carbocycles. The minimum absolute atomic E-state index is 0. The smallest absolute Gasteiger partial charge is 0.243 e. The first-order valence-electron chi connectivity index (χ1n) is 9.40. The van der Waals surface area contributed by atoms with Gasteiger partial charge in [0, 0.05) is 40.4 Å². The molecule has 1 aliphatic rings. The van der Waals surface area contributed by atoms with Crippen LogP contribution in [0.4, 0.5) is 0 Å². The molecule has 0 aromatic heterocycles. The van der Waals surface area contributed by atoms with E-state index < -0.39 is 0 Å². The van der Waals surface area contributed by atoms with Crippen LogP contribution in [0, 0.1) is 5.92 Å². The van der Waals surface area contributed by atoms with Crippen molar-refractivity contribution in [2.75, 3.05) is 53.6 Å². The summed E-state index contributed by atoms with van der Waals surface area (Å²) in [5.41, 5.74) is 0. The van der Waals surface area contributed by atoms with E-state index in [1.165, 1.54) is 6.42 Å². The summed E-state index contributed by atoms with van der Waals surface area (Å²) in [6, 6.07) is 0. The third-order valence-electron chi connectivity index (χ3n) is 4.02. The number of ether oxygens (including phenoxy) is 2. The summed E-state index contributed by atoms with van der Waals surface area (Å²) in [5.74, 6) is 1.26. The van der Waals surface area contributed by atoms with Crippen LogP contribution in [-0.4, -0.2) is 76.4 Å². The number of carbonyl (C=O) groups is 1. The summed E-state index contributed by atoms with van der Waals surface area (Å²) in [6.45, 7) is 8.08. The molecule has 0 saturated carbocycles. The van der Waals surface area contributed by atoms with Crippen molar-refractivity contribution in [3.63, 3.8) is 0 Å². The summed E-state index contributed by atoms with van der Waals surface area (Å²) >= 11 is 0. The van der Waals surface area contributed by atoms with E-state index in [1.807, 2.05) is 0 Å². The fraction of sp³-hybridized carbons (Fsp3) is 0.889. The van der Waals surface area contributed by atoms with E-state index in [0.717, 1.165) is 32.5 Å². The monoisotopic (exact) mass is 484 g/mol. The van der Waals surface area contributed by atoms with Crippen LogP contribution in [0.15, 0.2) is 4.99 Å². The number of aliphatic imine (C=N–C) groups is 1. The van der Waals surface area contributed by atoms with Crippen LogP contribution in [0.5, 0.6) is 0 Å². The van der Waals surface area contributed by atoms with Gasteiger partial charge in [0.15, 0.2) is 5.96 Å². The molecule has 1 unspecified atom stereocenters. The predicted molar refractivity (Wildman–Crippen MR) is 116 cm³/mol. The highest BCUT2D eigenvalue weighted by Crippen LogP contribution is 2.11. The summed E-state index contributed by atoms with van der Waals surface area (Å²) < 4.78 is 11.3. The third-order valence-corrected chi connectivity index (χ3v) is 4.02. The van der Waals surface area contributed by atoms with Crippen molar-refractivity contribution in [2.45, 2.75) is 45.6 Å². The zero-order valence-corrected chi connectivity index (χ0v) is 19.1. The second-order valence-corrected chi connectivity index (χ2v) is 7.04. The van der Waals surface area contributed by atoms with Gasteiger partial charge < -0.3 is 25.0 Å². The lowest BCUT2D eigenvalue weighted by atomic mass is 10.1. The highest BCUT2D eigenvalue weighted by molar-refractivity contribution is 14.0. The number of guanidine groups is 1. The Bertz CT molecular complexity index is 400. The molecule has 1 rings (SSSR count). The molecule has 0 bridgehead atoms. The molecule has 8 heteroatoms. The quantitative estimate of drug-likeness (QED) is 0.214. The number of likely N-dealkylation sites (N-methyl/N-ethyl adjacent to an activating group) is 1. The van der Waals surface area contributed by atoms with E-state index in [9.17, 15) is 4.79 Å². The van der Waals surface area contributed by atoms with E-state index in [-0.39, 0.29) is 42.5 Å². The molecule has 1 atom stereocenters. The number of hydrogen-bond donors (Lipinski definition) is 2. The van der Waals surface area contributed by atoms with Crippen molar-refractivity contribution >= 4 is 35.8 Å². The standard InChI is InChI=1S/C18H36N4O3.HI/c1-15(2)8-11-24-12-9-19-18(21-14-17(23)22(3)4)20-13-16-7-5-6-10-25-16;/h15-16H,5-14H2,1-4H3,(H2,19,20,21);1H. The highest BCUT2D eigenvalue weighted by atomic mass is 127. The SMILES string of the molecule is CC(C)CCOCCNC(=NCC(=O)N(C)C)NCC1CCCCO1.I. The predicted octanol–water partition coefficient (Wildman–Crippen LogP) is 1.86. The Balaban J connectivity index is 0.00000625. The summed E-state index contributed by atoms with van der Waals surface area (Å²) in [7, 11) is 3.47. The molecule has 1 aliphatic heterocycles. The molecule has 0 radical (unpaired) electrons. The van der Waals surface area contributed by atoms with Crippen molar-refractivity contribution in [1.82, 2.24) is 15.5 Å². The van der Waals surface area contributed by atoms with Crippen molar-refractivity contribution in [3.8, 4) is 0 Å². The van der Waals surface area contributed by atoms with Gasteiger partial charge in [-0.05, 0) is 31.6 Å². The van der Waals surface area contributed by atoms with Crippen molar-refractivity contribution in [2.24, 2.45) is 10.9 Å². The summed E-state index contributed by atoms with van der Waals surface area (Å²) in [4.78, 5) is 17.7. The van der Waals surface area contributed by atoms with Crippen molar-refractivity contribution < 1.29 is 14.3 Å². The molecular formula is C18H37IN4O3. The van der Waals surface area contributed by atoms with Gasteiger partial charge >= 0.3 is 0 Å². The first kappa shape index (κ1) is 25.4. The molecule has 26 heavy (non-hydrogen) atoms. The second kappa shape index (κ2) is 15.4. The fourth-order valence-electron chi connectivity index (χ4n) is 2.30. The first-order valence-corrected chi connectivity index (χ1v) is 9.40. The summed E-state index contributed by atoms with van der Waals surface area (Å²) in [6.07, 6.45) is 4.69. The molecule has 7 nitrogen and oxygen atoms in total. The van der Waals surface area contributed by atoms with Crippen molar-refractivity contribution in [3.05, 3.63) is 0 Å². The van der Waals surface area contributed by atoms with Gasteiger partial charge in [-0.15, -0.1) is 24.0 Å². The molecule has 154 valence electrons. The number of rotatable bonds is 10. The number of nitrogens with one attached hydrogen (secondary N) is 2. The Labute approximate surface area is 175 Å². The maximum Gasteiger partial charge on any atom is 0.243 e. The molecule has 1 heterocycles. The molecular weight excluding hydrogens is 447 g/mol. The lowest BCUT2D eigenvalue weighted by Crippen LogP contribution is -2.44. The third kappa shape index (κ3) is 12.7. The van der Waals surface area contributed by atoms with Gasteiger partial charge in [0.25, 0.3) is 0 Å². The highest BCUT2D eigenvalue weighted by Gasteiger charge is 2.14. The second-order valence-electron chi connectivity index (χ2n) is 7.04. The van der Waals surface area contributed by atoms with Crippen LogP contribution in [0.3, 0.4) is 0 Å². The number of amides is 1. The molecule has 0 aromatic carbocycles. The number of halogens is 1. The number of hydrogen-bond acceptors (Lipinski definition) is 4. The first-order chi connectivity index (χ1) is 12.0. The lowest BCUT2D eigenvalue weighted by Gasteiger charge is -2.24. The fourth-order valence-corrected chi connectivity index (χ4v) is 2.30. The van der Waals surface area contributed by atoms with E-state index in [2.05, 4.69) is 29.5 Å². The Morgan fingerprint density at radius 2 is 2.04 bits per heavy atom. The van der Waals surface area contributed by atoms with E-state index in [4.69, 9.17) is 9.47 Å². The Hall–Kier alpha value is -0.610. The molecule has 1 fully saturated rings. The largest absolute Gasteiger partial charge is 0.380 e. The average molecular weight is 484 g/mol. The zero-order chi connectivity index (χ0) is 18.5. The molecule has 2 N–H and O–H groups in total. The Morgan fingerprint density at radius 1 is 1.27 bits per heavy atom. The normalized spacial score (nSPS) is 17.6. The van der Waals surface area contributed by atoms with Crippen LogP contribution in [0.2, 0.25) is 0 Å². The molecule has 0 spiro atoms. The van der Waals surface area contributed by atoms with Gasteiger partial charge in [-0.25, -0.2) is 4.99 Å². The summed E-state index contributed by atoms with van der Waals surface area (Å²) in [5, 5.41) is 6.51. The maximum atomic E-state index is 11.7. The van der Waals surface area contributed by atoms with Crippen LogP contribution in [0.25, 0.3) is 0 Å². The topological polar surface area (TPSA) is 75.2 Å². The molecule has 1 amide bonds. The molecule has 0 aromatic rings. The van der Waals surface area contributed by atoms with Crippen LogP contribution >= 0.6 is 24.0 Å². The number of carbonyl (C=O) groups excluding carboxylic acids is 1. The van der Waals surface area contributed by atoms with Gasteiger partial charge in [0.1, 0.15) is 6.54 Å². The van der Waals surface area contributed by atoms with E-state index >= 15 is 0 Å². The number of nitrogens with zero attached hydrogens (tertiary/aromatic N) is 2. The van der Waals surface area contributed by atoms with Gasteiger partial charge in [-0.3, -0.25) is 4.79 Å². The molecule has 1 saturated heterocycles. The van der Waals surface area contributed by atoms with Crippen LogP contribution < -0.4 is 10.6 Å². The zero-order valence-electron chi connectivity index (χ0n) is 16.8. The lowest BCUT2D eigenvalue weighted by molar-refractivity contribution is -0.127. The minimum atomic E-state index is -0.0248. The Morgan fingerprint density at radius 3 is 2.65 bits per heavy atom. The van der Waals surface area contributed by atoms with Crippen molar-refractivity contribution in [1.29, 1.82) is 0 Å². The van der Waals surface area contributed by atoms with Gasteiger partial charge in [0.2, 0.25) is 5.91 Å². The Kier molecular flexibility index (Phi) is 15.1. The maximum absolute atomic E-state index is 11.7. The van der Waals surface area contributed by atoms with Crippen LogP contribution in [-0.2, 0) is 14.3 Å². The van der Waals surface area contributed by atoms with Gasteiger partial charge in [0.05, 0.1) is 12.7 Å². The van der Waals surface area contributed by atoms with E-state index in [0.29, 0.717) is 31.6 Å². The van der Waals surface area contributed by atoms with Gasteiger partial charge in [-0.2, -0.15) is 0 Å². The van der Waals surface area contributed by atoms with Gasteiger partial charge in [-0.1, -0.05) is 13.8 Å². The van der Waals surface area contributed by atoms with Crippen LogP contribution in [0.1, 0.15) is 39.5 Å². The van der Waals surface area contributed by atoms with E-state index in [1.54, 1.807) is 19.0 Å².